The largest absolute Gasteiger partial charge is 0.382 e. The van der Waals surface area contributed by atoms with E-state index in [2.05, 4.69) is 30.9 Å². The lowest BCUT2D eigenvalue weighted by Crippen LogP contribution is -2.13. The molecule has 0 saturated heterocycles. The maximum atomic E-state index is 6.22. The lowest BCUT2D eigenvalue weighted by atomic mass is 9.92. The number of aromatic nitrogens is 3. The Kier molecular flexibility index (Phi) is 2.83. The molecule has 2 heterocycles. The van der Waals surface area contributed by atoms with Gasteiger partial charge in [-0.15, -0.1) is 0 Å². The Morgan fingerprint density at radius 2 is 1.82 bits per heavy atom. The number of nitrogens with two attached hydrogens (primary N) is 1. The SMILES string of the molecule is CC(C)(C)c1nn(-c2ccncc2)c(N)c1Cl. The van der Waals surface area contributed by atoms with Gasteiger partial charge in [-0.2, -0.15) is 5.10 Å². The molecular formula is C12H15ClN4. The summed E-state index contributed by atoms with van der Waals surface area (Å²) in [7, 11) is 0. The molecule has 0 aliphatic carbocycles. The molecule has 2 N–H and O–H groups in total. The van der Waals surface area contributed by atoms with Gasteiger partial charge in [0.15, 0.2) is 0 Å². The predicted octanol–water partition coefficient (Wildman–Crippen LogP) is 2.80. The third-order valence-electron chi connectivity index (χ3n) is 2.48. The maximum Gasteiger partial charge on any atom is 0.146 e. The van der Waals surface area contributed by atoms with E-state index in [1.807, 2.05) is 12.1 Å². The number of anilines is 1. The van der Waals surface area contributed by atoms with E-state index in [-0.39, 0.29) is 5.41 Å². The summed E-state index contributed by atoms with van der Waals surface area (Å²) in [6, 6.07) is 3.68. The zero-order chi connectivity index (χ0) is 12.6. The van der Waals surface area contributed by atoms with E-state index in [4.69, 9.17) is 17.3 Å². The fraction of sp³-hybridized carbons (Fsp3) is 0.333. The highest BCUT2D eigenvalue weighted by Gasteiger charge is 2.25. The monoisotopic (exact) mass is 250 g/mol. The van der Waals surface area contributed by atoms with Gasteiger partial charge in [-0.3, -0.25) is 4.98 Å². The topological polar surface area (TPSA) is 56.7 Å². The van der Waals surface area contributed by atoms with E-state index < -0.39 is 0 Å². The number of hydrogen-bond donors (Lipinski definition) is 1. The number of rotatable bonds is 1. The maximum absolute atomic E-state index is 6.22. The first-order valence-corrected chi connectivity index (χ1v) is 5.74. The molecule has 0 saturated carbocycles. The molecule has 0 amide bonds. The summed E-state index contributed by atoms with van der Waals surface area (Å²) in [6.07, 6.45) is 3.39. The summed E-state index contributed by atoms with van der Waals surface area (Å²) in [5.74, 6) is 0.461. The molecule has 90 valence electrons. The Hall–Kier alpha value is -1.55. The first-order valence-electron chi connectivity index (χ1n) is 5.36. The van der Waals surface area contributed by atoms with E-state index >= 15 is 0 Å². The van der Waals surface area contributed by atoms with E-state index in [9.17, 15) is 0 Å². The van der Waals surface area contributed by atoms with Crippen LogP contribution >= 0.6 is 11.6 Å². The van der Waals surface area contributed by atoms with Crippen molar-refractivity contribution in [3.8, 4) is 5.69 Å². The van der Waals surface area contributed by atoms with E-state index in [0.29, 0.717) is 10.8 Å². The van der Waals surface area contributed by atoms with Crippen molar-refractivity contribution < 1.29 is 0 Å². The van der Waals surface area contributed by atoms with E-state index in [0.717, 1.165) is 11.4 Å². The van der Waals surface area contributed by atoms with Crippen molar-refractivity contribution in [2.45, 2.75) is 26.2 Å². The van der Waals surface area contributed by atoms with Gasteiger partial charge in [0.2, 0.25) is 0 Å². The third-order valence-corrected chi connectivity index (χ3v) is 2.85. The second-order valence-corrected chi connectivity index (χ2v) is 5.29. The Bertz CT molecular complexity index is 525. The van der Waals surface area contributed by atoms with Gasteiger partial charge in [0.1, 0.15) is 10.8 Å². The van der Waals surface area contributed by atoms with Gasteiger partial charge >= 0.3 is 0 Å². The molecule has 4 nitrogen and oxygen atoms in total. The number of pyridine rings is 1. The molecule has 5 heteroatoms. The van der Waals surface area contributed by atoms with Gasteiger partial charge in [-0.25, -0.2) is 4.68 Å². The minimum atomic E-state index is -0.135. The molecule has 0 aliphatic rings. The lowest BCUT2D eigenvalue weighted by molar-refractivity contribution is 0.560. The molecule has 2 aromatic heterocycles. The Balaban J connectivity index is 2.59. The summed E-state index contributed by atoms with van der Waals surface area (Å²) in [6.45, 7) is 6.16. The molecule has 2 aromatic rings. The molecule has 17 heavy (non-hydrogen) atoms. The van der Waals surface area contributed by atoms with Crippen LogP contribution in [0.25, 0.3) is 5.69 Å². The average Bonchev–Trinajstić information content (AvgIpc) is 2.57. The molecule has 0 radical (unpaired) electrons. The van der Waals surface area contributed by atoms with Crippen molar-refractivity contribution in [2.75, 3.05) is 5.73 Å². The van der Waals surface area contributed by atoms with Crippen molar-refractivity contribution >= 4 is 17.4 Å². The fourth-order valence-electron chi connectivity index (χ4n) is 1.57. The molecule has 0 fully saturated rings. The molecule has 0 unspecified atom stereocenters. The first-order chi connectivity index (χ1) is 7.91. The van der Waals surface area contributed by atoms with Crippen LogP contribution in [0.2, 0.25) is 5.02 Å². The molecule has 0 spiro atoms. The normalized spacial score (nSPS) is 11.8. The Morgan fingerprint density at radius 3 is 2.29 bits per heavy atom. The van der Waals surface area contributed by atoms with Crippen LogP contribution in [0.1, 0.15) is 26.5 Å². The smallest absolute Gasteiger partial charge is 0.146 e. The highest BCUT2D eigenvalue weighted by molar-refractivity contribution is 6.33. The number of nitrogens with zero attached hydrogens (tertiary/aromatic N) is 3. The Morgan fingerprint density at radius 1 is 1.24 bits per heavy atom. The zero-order valence-corrected chi connectivity index (χ0v) is 10.9. The van der Waals surface area contributed by atoms with Crippen LogP contribution in [0.4, 0.5) is 5.82 Å². The van der Waals surface area contributed by atoms with Gasteiger partial charge < -0.3 is 5.73 Å². The van der Waals surface area contributed by atoms with Crippen LogP contribution in [0, 0.1) is 0 Å². The van der Waals surface area contributed by atoms with Crippen molar-refractivity contribution in [1.82, 2.24) is 14.8 Å². The van der Waals surface area contributed by atoms with Crippen LogP contribution in [-0.4, -0.2) is 14.8 Å². The molecular weight excluding hydrogens is 236 g/mol. The van der Waals surface area contributed by atoms with Gasteiger partial charge in [-0.1, -0.05) is 32.4 Å². The summed E-state index contributed by atoms with van der Waals surface area (Å²) in [5.41, 5.74) is 7.50. The van der Waals surface area contributed by atoms with Crippen molar-refractivity contribution in [3.05, 3.63) is 35.2 Å². The quantitative estimate of drug-likeness (QED) is 0.847. The van der Waals surface area contributed by atoms with Gasteiger partial charge in [-0.05, 0) is 12.1 Å². The van der Waals surface area contributed by atoms with E-state index in [1.165, 1.54) is 0 Å². The summed E-state index contributed by atoms with van der Waals surface area (Å²) in [4.78, 5) is 3.96. The van der Waals surface area contributed by atoms with Crippen molar-refractivity contribution in [3.63, 3.8) is 0 Å². The van der Waals surface area contributed by atoms with E-state index in [1.54, 1.807) is 17.1 Å². The number of hydrogen-bond acceptors (Lipinski definition) is 3. The molecule has 2 rings (SSSR count). The number of halogens is 1. The number of nitrogen functional groups attached to an aromatic ring is 1. The van der Waals surface area contributed by atoms with Crippen LogP contribution in [0.15, 0.2) is 24.5 Å². The molecule has 0 aromatic carbocycles. The fourth-order valence-corrected chi connectivity index (χ4v) is 1.97. The minimum Gasteiger partial charge on any atom is -0.382 e. The summed E-state index contributed by atoms with van der Waals surface area (Å²) >= 11 is 6.22. The zero-order valence-electron chi connectivity index (χ0n) is 10.1. The third kappa shape index (κ3) is 2.13. The predicted molar refractivity (Wildman–Crippen MR) is 69.5 cm³/mol. The minimum absolute atomic E-state index is 0.135. The van der Waals surface area contributed by atoms with Crippen LogP contribution in [0.3, 0.4) is 0 Å². The van der Waals surface area contributed by atoms with Gasteiger partial charge in [0.25, 0.3) is 0 Å². The van der Waals surface area contributed by atoms with Gasteiger partial charge in [0, 0.05) is 17.8 Å². The van der Waals surface area contributed by atoms with Gasteiger partial charge in [0.05, 0.1) is 11.4 Å². The van der Waals surface area contributed by atoms with Crippen molar-refractivity contribution in [2.24, 2.45) is 0 Å². The molecule has 0 aliphatic heterocycles. The second-order valence-electron chi connectivity index (χ2n) is 4.92. The van der Waals surface area contributed by atoms with Crippen LogP contribution < -0.4 is 5.73 Å². The molecule has 0 atom stereocenters. The second kappa shape index (κ2) is 4.04. The Labute approximate surface area is 105 Å². The van der Waals surface area contributed by atoms with Crippen molar-refractivity contribution in [1.29, 1.82) is 0 Å². The average molecular weight is 251 g/mol. The lowest BCUT2D eigenvalue weighted by Gasteiger charge is -2.15. The van der Waals surface area contributed by atoms with Crippen LogP contribution in [0.5, 0.6) is 0 Å². The summed E-state index contributed by atoms with van der Waals surface area (Å²) < 4.78 is 1.64. The summed E-state index contributed by atoms with van der Waals surface area (Å²) in [5, 5.41) is 5.01. The highest BCUT2D eigenvalue weighted by atomic mass is 35.5. The standard InChI is InChI=1S/C12H15ClN4/c1-12(2,3)10-9(13)11(14)17(16-10)8-4-6-15-7-5-8/h4-7H,14H2,1-3H3. The van der Waals surface area contributed by atoms with Crippen LogP contribution in [-0.2, 0) is 5.41 Å². The molecule has 0 bridgehead atoms. The highest BCUT2D eigenvalue weighted by Crippen LogP contribution is 2.33. The first kappa shape index (κ1) is 11.9.